The molecule has 1 saturated heterocycles. The summed E-state index contributed by atoms with van der Waals surface area (Å²) < 4.78 is 34.4. The standard InChI is InChI=1S/C17H18N6O3S/c1-22-10-17(20-12-22)27(24,25)23-5-6-26-16(9-23)15-4-2-3-14(21-15)13-7-18-11-19-8-13/h2-4,7-8,10-12,16H,5-6,9H2,1H3/t16-/m1/s1. The van der Waals surface area contributed by atoms with Crippen LogP contribution < -0.4 is 0 Å². The zero-order valence-electron chi connectivity index (χ0n) is 14.6. The van der Waals surface area contributed by atoms with E-state index in [0.717, 1.165) is 5.56 Å². The molecule has 3 aromatic heterocycles. The van der Waals surface area contributed by atoms with Crippen molar-refractivity contribution in [2.45, 2.75) is 11.1 Å². The van der Waals surface area contributed by atoms with Crippen molar-refractivity contribution in [3.05, 3.63) is 55.1 Å². The maximum atomic E-state index is 12.8. The molecule has 3 aromatic rings. The van der Waals surface area contributed by atoms with Crippen LogP contribution in [0.15, 0.2) is 54.5 Å². The lowest BCUT2D eigenvalue weighted by molar-refractivity contribution is -0.00494. The van der Waals surface area contributed by atoms with Crippen molar-refractivity contribution >= 4 is 10.0 Å². The lowest BCUT2D eigenvalue weighted by Gasteiger charge is -2.31. The van der Waals surface area contributed by atoms with Crippen LogP contribution >= 0.6 is 0 Å². The van der Waals surface area contributed by atoms with Gasteiger partial charge in [0.25, 0.3) is 10.0 Å². The van der Waals surface area contributed by atoms with Gasteiger partial charge in [-0.3, -0.25) is 0 Å². The Kier molecular flexibility index (Phi) is 4.68. The molecule has 10 heteroatoms. The van der Waals surface area contributed by atoms with E-state index in [1.165, 1.54) is 23.2 Å². The highest BCUT2D eigenvalue weighted by Gasteiger charge is 2.33. The topological polar surface area (TPSA) is 103 Å². The number of aryl methyl sites for hydroxylation is 1. The second kappa shape index (κ2) is 7.14. The maximum absolute atomic E-state index is 12.8. The van der Waals surface area contributed by atoms with Crippen molar-refractivity contribution in [1.82, 2.24) is 28.8 Å². The van der Waals surface area contributed by atoms with Gasteiger partial charge in [0.15, 0.2) is 5.03 Å². The number of sulfonamides is 1. The first-order valence-corrected chi connectivity index (χ1v) is 9.80. The summed E-state index contributed by atoms with van der Waals surface area (Å²) in [7, 11) is -1.94. The molecule has 1 atom stereocenters. The van der Waals surface area contributed by atoms with Crippen molar-refractivity contribution in [1.29, 1.82) is 0 Å². The molecule has 4 rings (SSSR count). The quantitative estimate of drug-likeness (QED) is 0.660. The number of hydrogen-bond acceptors (Lipinski definition) is 7. The molecule has 0 radical (unpaired) electrons. The SMILES string of the molecule is Cn1cnc(S(=O)(=O)N2CCO[C@@H](c3cccc(-c4cncnc4)n3)C2)c1. The van der Waals surface area contributed by atoms with E-state index in [0.29, 0.717) is 11.4 Å². The molecule has 0 aliphatic carbocycles. The number of rotatable bonds is 4. The molecule has 0 aromatic carbocycles. The first kappa shape index (κ1) is 17.7. The molecule has 1 aliphatic rings. The molecule has 27 heavy (non-hydrogen) atoms. The Morgan fingerprint density at radius 1 is 1.22 bits per heavy atom. The fraction of sp³-hybridized carbons (Fsp3) is 0.294. The summed E-state index contributed by atoms with van der Waals surface area (Å²) in [6, 6.07) is 5.54. The molecule has 0 spiro atoms. The Balaban J connectivity index is 1.59. The molecule has 0 bridgehead atoms. The van der Waals surface area contributed by atoms with Crippen LogP contribution in [-0.4, -0.2) is 56.9 Å². The minimum atomic E-state index is -3.67. The van der Waals surface area contributed by atoms with Gasteiger partial charge in [0.1, 0.15) is 12.4 Å². The number of ether oxygens (including phenoxy) is 1. The van der Waals surface area contributed by atoms with Crippen molar-refractivity contribution < 1.29 is 13.2 Å². The van der Waals surface area contributed by atoms with Crippen LogP contribution in [0.25, 0.3) is 11.3 Å². The van der Waals surface area contributed by atoms with Gasteiger partial charge in [0.2, 0.25) is 0 Å². The summed E-state index contributed by atoms with van der Waals surface area (Å²) in [5, 5.41) is 0.0359. The molecule has 0 saturated carbocycles. The van der Waals surface area contributed by atoms with Crippen LogP contribution in [-0.2, 0) is 21.8 Å². The van der Waals surface area contributed by atoms with E-state index in [4.69, 9.17) is 4.74 Å². The summed E-state index contributed by atoms with van der Waals surface area (Å²) in [6.07, 6.45) is 7.32. The van der Waals surface area contributed by atoms with Crippen LogP contribution in [0.3, 0.4) is 0 Å². The van der Waals surface area contributed by atoms with Gasteiger partial charge >= 0.3 is 0 Å². The Hall–Kier alpha value is -2.69. The molecular formula is C17H18N6O3S. The molecule has 0 amide bonds. The molecule has 4 heterocycles. The zero-order chi connectivity index (χ0) is 18.9. The monoisotopic (exact) mass is 386 g/mol. The van der Waals surface area contributed by atoms with Crippen LogP contribution in [0.5, 0.6) is 0 Å². The highest BCUT2D eigenvalue weighted by Crippen LogP contribution is 2.26. The van der Waals surface area contributed by atoms with Gasteiger partial charge in [-0.1, -0.05) is 6.07 Å². The highest BCUT2D eigenvalue weighted by molar-refractivity contribution is 7.89. The lowest BCUT2D eigenvalue weighted by atomic mass is 10.1. The predicted molar refractivity (Wildman–Crippen MR) is 95.9 cm³/mol. The average molecular weight is 386 g/mol. The largest absolute Gasteiger partial charge is 0.369 e. The van der Waals surface area contributed by atoms with Crippen molar-refractivity contribution in [2.24, 2.45) is 7.05 Å². The number of morpholine rings is 1. The second-order valence-corrected chi connectivity index (χ2v) is 8.06. The highest BCUT2D eigenvalue weighted by atomic mass is 32.2. The van der Waals surface area contributed by atoms with E-state index in [1.807, 2.05) is 18.2 Å². The van der Waals surface area contributed by atoms with Crippen LogP contribution in [0.2, 0.25) is 0 Å². The molecule has 9 nitrogen and oxygen atoms in total. The molecular weight excluding hydrogens is 368 g/mol. The lowest BCUT2D eigenvalue weighted by Crippen LogP contribution is -2.42. The van der Waals surface area contributed by atoms with Gasteiger partial charge in [-0.2, -0.15) is 4.31 Å². The van der Waals surface area contributed by atoms with Crippen LogP contribution in [0, 0.1) is 0 Å². The van der Waals surface area contributed by atoms with E-state index >= 15 is 0 Å². The van der Waals surface area contributed by atoms with E-state index in [2.05, 4.69) is 19.9 Å². The molecule has 0 N–H and O–H groups in total. The number of imidazole rings is 1. The molecule has 1 fully saturated rings. The molecule has 1 aliphatic heterocycles. The summed E-state index contributed by atoms with van der Waals surface area (Å²) in [4.78, 5) is 16.6. The summed E-state index contributed by atoms with van der Waals surface area (Å²) in [6.45, 7) is 0.749. The Morgan fingerprint density at radius 2 is 2.04 bits per heavy atom. The summed E-state index contributed by atoms with van der Waals surface area (Å²) in [5.74, 6) is 0. The first-order valence-electron chi connectivity index (χ1n) is 8.36. The Morgan fingerprint density at radius 3 is 2.78 bits per heavy atom. The minimum absolute atomic E-state index is 0.0359. The fourth-order valence-electron chi connectivity index (χ4n) is 2.90. The van der Waals surface area contributed by atoms with Crippen LogP contribution in [0.1, 0.15) is 11.8 Å². The van der Waals surface area contributed by atoms with Gasteiger partial charge in [0.05, 0.1) is 24.3 Å². The normalized spacial score (nSPS) is 18.5. The van der Waals surface area contributed by atoms with Crippen molar-refractivity contribution in [3.63, 3.8) is 0 Å². The number of nitrogens with zero attached hydrogens (tertiary/aromatic N) is 6. The van der Waals surface area contributed by atoms with E-state index < -0.39 is 16.1 Å². The molecule has 0 unspecified atom stereocenters. The zero-order valence-corrected chi connectivity index (χ0v) is 15.5. The van der Waals surface area contributed by atoms with Gasteiger partial charge in [-0.25, -0.2) is 28.4 Å². The Bertz CT molecular complexity index is 1040. The first-order chi connectivity index (χ1) is 13.0. The second-order valence-electron chi connectivity index (χ2n) is 6.17. The maximum Gasteiger partial charge on any atom is 0.262 e. The van der Waals surface area contributed by atoms with Gasteiger partial charge in [-0.05, 0) is 12.1 Å². The third-order valence-electron chi connectivity index (χ3n) is 4.27. The molecule has 140 valence electrons. The number of aromatic nitrogens is 5. The summed E-state index contributed by atoms with van der Waals surface area (Å²) >= 11 is 0. The van der Waals surface area contributed by atoms with Crippen LogP contribution in [0.4, 0.5) is 0 Å². The van der Waals surface area contributed by atoms with Gasteiger partial charge in [-0.15, -0.1) is 0 Å². The van der Waals surface area contributed by atoms with E-state index in [-0.39, 0.29) is 24.7 Å². The number of hydrogen-bond donors (Lipinski definition) is 0. The third-order valence-corrected chi connectivity index (χ3v) is 6.02. The van der Waals surface area contributed by atoms with Crippen molar-refractivity contribution in [3.8, 4) is 11.3 Å². The van der Waals surface area contributed by atoms with Gasteiger partial charge < -0.3 is 9.30 Å². The average Bonchev–Trinajstić information content (AvgIpc) is 3.16. The van der Waals surface area contributed by atoms with E-state index in [1.54, 1.807) is 24.0 Å². The van der Waals surface area contributed by atoms with Gasteiger partial charge in [0, 0.05) is 44.3 Å². The minimum Gasteiger partial charge on any atom is -0.369 e. The predicted octanol–water partition coefficient (Wildman–Crippen LogP) is 1.03. The van der Waals surface area contributed by atoms with Crippen molar-refractivity contribution in [2.75, 3.05) is 19.7 Å². The summed E-state index contributed by atoms with van der Waals surface area (Å²) in [5.41, 5.74) is 2.16. The Labute approximate surface area is 156 Å². The van der Waals surface area contributed by atoms with E-state index in [9.17, 15) is 8.42 Å². The third kappa shape index (κ3) is 3.59. The fourth-order valence-corrected chi connectivity index (χ4v) is 4.29. The smallest absolute Gasteiger partial charge is 0.262 e. The number of pyridine rings is 1.